The number of piperidine rings is 1. The van der Waals surface area contributed by atoms with Crippen molar-refractivity contribution >= 4 is 5.78 Å². The summed E-state index contributed by atoms with van der Waals surface area (Å²) in [6.45, 7) is 2.33. The fourth-order valence-corrected chi connectivity index (χ4v) is 7.64. The molecule has 1 aromatic carbocycles. The first-order valence-electron chi connectivity index (χ1n) is 10.8. The summed E-state index contributed by atoms with van der Waals surface area (Å²) in [7, 11) is 2.21. The van der Waals surface area contributed by atoms with Crippen LogP contribution in [0.2, 0.25) is 0 Å². The van der Waals surface area contributed by atoms with E-state index < -0.39 is 0 Å². The molecule has 2 heteroatoms. The fraction of sp³-hybridized carbons (Fsp3) is 0.708. The van der Waals surface area contributed by atoms with E-state index in [1.165, 1.54) is 57.1 Å². The van der Waals surface area contributed by atoms with Gasteiger partial charge in [-0.15, -0.1) is 0 Å². The van der Waals surface area contributed by atoms with Gasteiger partial charge in [0.15, 0.2) is 0 Å². The van der Waals surface area contributed by atoms with Crippen LogP contribution in [0.25, 0.3) is 0 Å². The first-order valence-corrected chi connectivity index (χ1v) is 10.8. The second-order valence-electron chi connectivity index (χ2n) is 10.3. The Balaban J connectivity index is 1.41. The third kappa shape index (κ3) is 2.76. The quantitative estimate of drug-likeness (QED) is 0.775. The van der Waals surface area contributed by atoms with Crippen LogP contribution < -0.4 is 0 Å². The van der Waals surface area contributed by atoms with Crippen molar-refractivity contribution in [2.75, 3.05) is 20.1 Å². The molecule has 140 valence electrons. The summed E-state index contributed by atoms with van der Waals surface area (Å²) in [6.07, 6.45) is 10.9. The third-order valence-corrected chi connectivity index (χ3v) is 8.23. The zero-order valence-corrected chi connectivity index (χ0v) is 16.3. The first kappa shape index (κ1) is 17.0. The second-order valence-corrected chi connectivity index (χ2v) is 10.3. The molecule has 0 aromatic heterocycles. The van der Waals surface area contributed by atoms with E-state index in [4.69, 9.17) is 0 Å². The summed E-state index contributed by atoms with van der Waals surface area (Å²) in [5, 5.41) is 0. The molecule has 5 aliphatic rings. The molecule has 0 amide bonds. The molecule has 6 rings (SSSR count). The van der Waals surface area contributed by atoms with Crippen LogP contribution in [-0.2, 0) is 10.2 Å². The molecule has 4 aliphatic carbocycles. The largest absolute Gasteiger partial charge is 0.306 e. The molecule has 0 N–H and O–H groups in total. The summed E-state index contributed by atoms with van der Waals surface area (Å²) in [5.74, 6) is 2.80. The predicted molar refractivity (Wildman–Crippen MR) is 105 cm³/mol. The number of likely N-dealkylation sites (tertiary alicyclic amines) is 1. The van der Waals surface area contributed by atoms with Crippen LogP contribution in [0.5, 0.6) is 0 Å². The minimum absolute atomic E-state index is 0.00986. The van der Waals surface area contributed by atoms with Gasteiger partial charge >= 0.3 is 0 Å². The number of rotatable bonds is 4. The fourth-order valence-electron chi connectivity index (χ4n) is 7.64. The Morgan fingerprint density at radius 1 is 1.12 bits per heavy atom. The Hall–Kier alpha value is -1.15. The summed E-state index contributed by atoms with van der Waals surface area (Å²) in [5.41, 5.74) is 1.82. The van der Waals surface area contributed by atoms with Crippen molar-refractivity contribution in [1.82, 2.24) is 4.90 Å². The highest BCUT2D eigenvalue weighted by molar-refractivity contribution is 5.86. The Morgan fingerprint density at radius 3 is 2.54 bits per heavy atom. The number of hydrogen-bond acceptors (Lipinski definition) is 2. The Morgan fingerprint density at radius 2 is 1.85 bits per heavy atom. The second kappa shape index (κ2) is 6.19. The number of carbonyl (C=O) groups is 1. The average Bonchev–Trinajstić information content (AvgIpc) is 2.61. The van der Waals surface area contributed by atoms with E-state index in [2.05, 4.69) is 42.3 Å². The van der Waals surface area contributed by atoms with Gasteiger partial charge in [-0.05, 0) is 93.7 Å². The smallest absolute Gasteiger partial charge is 0.139 e. The molecule has 1 aromatic rings. The average molecular weight is 352 g/mol. The Kier molecular flexibility index (Phi) is 4.04. The molecular weight excluding hydrogens is 318 g/mol. The Labute approximate surface area is 158 Å². The maximum atomic E-state index is 13.6. The van der Waals surface area contributed by atoms with Gasteiger partial charge in [-0.25, -0.2) is 0 Å². The lowest BCUT2D eigenvalue weighted by Crippen LogP contribution is -2.57. The minimum Gasteiger partial charge on any atom is -0.306 e. The maximum absolute atomic E-state index is 13.6. The lowest BCUT2D eigenvalue weighted by atomic mass is 9.42. The normalized spacial score (nSPS) is 42.1. The standard InChI is InChI=1S/C24H33NO/c1-25-9-5-6-18(16-25)11-22(26)24-14-19-10-20(15-24)13-23(12-19,17-24)21-7-3-2-4-8-21/h2-4,7-8,18-20H,5-6,9-17H2,1H3/t18-,19?,20?,23?,24?/m0/s1. The molecular formula is C24H33NO. The van der Waals surface area contributed by atoms with E-state index in [-0.39, 0.29) is 5.41 Å². The van der Waals surface area contributed by atoms with Gasteiger partial charge < -0.3 is 4.90 Å². The highest BCUT2D eigenvalue weighted by Gasteiger charge is 2.60. The van der Waals surface area contributed by atoms with Crippen molar-refractivity contribution in [1.29, 1.82) is 0 Å². The van der Waals surface area contributed by atoms with Crippen LogP contribution in [0.4, 0.5) is 0 Å². The minimum atomic E-state index is 0.00986. The molecule has 26 heavy (non-hydrogen) atoms. The van der Waals surface area contributed by atoms with E-state index in [1.54, 1.807) is 0 Å². The topological polar surface area (TPSA) is 20.3 Å². The Bertz CT molecular complexity index is 667. The molecule has 1 aliphatic heterocycles. The van der Waals surface area contributed by atoms with E-state index in [0.717, 1.165) is 31.2 Å². The summed E-state index contributed by atoms with van der Waals surface area (Å²) in [4.78, 5) is 16.0. The lowest BCUT2D eigenvalue weighted by molar-refractivity contribution is -0.148. The van der Waals surface area contributed by atoms with Crippen LogP contribution in [-0.4, -0.2) is 30.8 Å². The van der Waals surface area contributed by atoms with E-state index in [1.807, 2.05) is 0 Å². The summed E-state index contributed by atoms with van der Waals surface area (Å²) in [6, 6.07) is 11.2. The molecule has 0 spiro atoms. The third-order valence-electron chi connectivity index (χ3n) is 8.23. The SMILES string of the molecule is CN1CCC[C@@H](CC(=O)C23CC4CC(C2)CC(c2ccccc2)(C4)C3)C1. The highest BCUT2D eigenvalue weighted by Crippen LogP contribution is 2.66. The lowest BCUT2D eigenvalue weighted by Gasteiger charge is -2.62. The molecule has 2 unspecified atom stereocenters. The van der Waals surface area contributed by atoms with Crippen molar-refractivity contribution in [2.24, 2.45) is 23.2 Å². The molecule has 4 saturated carbocycles. The van der Waals surface area contributed by atoms with Gasteiger partial charge in [0.2, 0.25) is 0 Å². The molecule has 5 fully saturated rings. The zero-order valence-electron chi connectivity index (χ0n) is 16.3. The van der Waals surface area contributed by atoms with Crippen molar-refractivity contribution in [3.63, 3.8) is 0 Å². The van der Waals surface area contributed by atoms with Crippen molar-refractivity contribution in [2.45, 2.75) is 63.2 Å². The van der Waals surface area contributed by atoms with Crippen molar-refractivity contribution in [3.05, 3.63) is 35.9 Å². The predicted octanol–water partition coefficient (Wildman–Crippen LogP) is 4.83. The monoisotopic (exact) mass is 351 g/mol. The molecule has 4 bridgehead atoms. The van der Waals surface area contributed by atoms with Crippen molar-refractivity contribution in [3.8, 4) is 0 Å². The molecule has 2 nitrogen and oxygen atoms in total. The van der Waals surface area contributed by atoms with E-state index >= 15 is 0 Å². The highest BCUT2D eigenvalue weighted by atomic mass is 16.1. The van der Waals surface area contributed by atoms with Gasteiger partial charge in [-0.3, -0.25) is 4.79 Å². The van der Waals surface area contributed by atoms with E-state index in [9.17, 15) is 4.79 Å². The van der Waals surface area contributed by atoms with Gasteiger partial charge in [-0.2, -0.15) is 0 Å². The van der Waals surface area contributed by atoms with Gasteiger partial charge in [0.25, 0.3) is 0 Å². The number of Topliss-reactive ketones (excluding diaryl/α,β-unsaturated/α-hetero) is 1. The van der Waals surface area contributed by atoms with Gasteiger partial charge in [0, 0.05) is 18.4 Å². The van der Waals surface area contributed by atoms with Crippen LogP contribution in [0.1, 0.15) is 63.4 Å². The van der Waals surface area contributed by atoms with Crippen LogP contribution in [0.15, 0.2) is 30.3 Å². The van der Waals surface area contributed by atoms with Crippen LogP contribution >= 0.6 is 0 Å². The number of nitrogens with zero attached hydrogens (tertiary/aromatic N) is 1. The molecule has 0 radical (unpaired) electrons. The van der Waals surface area contributed by atoms with Crippen LogP contribution in [0, 0.1) is 23.2 Å². The summed E-state index contributed by atoms with van der Waals surface area (Å²) < 4.78 is 0. The molecule has 1 heterocycles. The van der Waals surface area contributed by atoms with Gasteiger partial charge in [-0.1, -0.05) is 30.3 Å². The zero-order chi connectivity index (χ0) is 17.8. The van der Waals surface area contributed by atoms with E-state index in [0.29, 0.717) is 17.1 Å². The molecule has 3 atom stereocenters. The maximum Gasteiger partial charge on any atom is 0.139 e. The van der Waals surface area contributed by atoms with Crippen molar-refractivity contribution < 1.29 is 4.79 Å². The van der Waals surface area contributed by atoms with Gasteiger partial charge in [0.1, 0.15) is 5.78 Å². The first-order chi connectivity index (χ1) is 12.6. The van der Waals surface area contributed by atoms with Gasteiger partial charge in [0.05, 0.1) is 0 Å². The number of benzene rings is 1. The number of ketones is 1. The van der Waals surface area contributed by atoms with Crippen LogP contribution in [0.3, 0.4) is 0 Å². The number of carbonyl (C=O) groups excluding carboxylic acids is 1. The summed E-state index contributed by atoms with van der Waals surface area (Å²) >= 11 is 0. The molecule has 1 saturated heterocycles. The number of hydrogen-bond donors (Lipinski definition) is 0.